The molecule has 0 aliphatic rings. The van der Waals surface area contributed by atoms with Gasteiger partial charge >= 0.3 is 0 Å². The molecule has 0 aliphatic heterocycles. The van der Waals surface area contributed by atoms with Crippen LogP contribution in [0, 0.1) is 12.7 Å². The predicted octanol–water partition coefficient (Wildman–Crippen LogP) is 3.50. The number of aliphatic hydroxyl groups excluding tert-OH is 1. The SMILES string of the molecule is Cc1nn2ccc(OCc3ccccc3F)cc2c1C(=O)NC(C)(CO)CC(F)F. The van der Waals surface area contributed by atoms with E-state index in [-0.39, 0.29) is 18.0 Å². The monoisotopic (exact) mass is 421 g/mol. The van der Waals surface area contributed by atoms with Crippen molar-refractivity contribution in [1.29, 1.82) is 0 Å². The zero-order chi connectivity index (χ0) is 21.9. The van der Waals surface area contributed by atoms with Crippen LogP contribution in [0.5, 0.6) is 5.75 Å². The van der Waals surface area contributed by atoms with Crippen molar-refractivity contribution < 1.29 is 27.8 Å². The number of benzene rings is 1. The summed E-state index contributed by atoms with van der Waals surface area (Å²) >= 11 is 0. The minimum absolute atomic E-state index is 0.00549. The number of aryl methyl sites for hydroxylation is 1. The Hall–Kier alpha value is -3.07. The Labute approximate surface area is 171 Å². The molecule has 1 aromatic carbocycles. The molecular formula is C21H22F3N3O3. The van der Waals surface area contributed by atoms with Gasteiger partial charge in [0, 0.05) is 24.2 Å². The number of ether oxygens (including phenoxy) is 1. The number of amides is 1. The van der Waals surface area contributed by atoms with Crippen LogP contribution in [0.15, 0.2) is 42.6 Å². The molecule has 0 saturated heterocycles. The lowest BCUT2D eigenvalue weighted by Gasteiger charge is -2.28. The van der Waals surface area contributed by atoms with Crippen molar-refractivity contribution in [3.8, 4) is 5.75 Å². The van der Waals surface area contributed by atoms with Gasteiger partial charge in [0.05, 0.1) is 28.9 Å². The number of nitrogens with zero attached hydrogens (tertiary/aromatic N) is 2. The van der Waals surface area contributed by atoms with Gasteiger partial charge in [-0.25, -0.2) is 17.7 Å². The second kappa shape index (κ2) is 8.74. The van der Waals surface area contributed by atoms with Crippen LogP contribution in [0.1, 0.15) is 35.0 Å². The molecule has 3 aromatic rings. The normalized spacial score (nSPS) is 13.4. The summed E-state index contributed by atoms with van der Waals surface area (Å²) in [7, 11) is 0. The lowest BCUT2D eigenvalue weighted by molar-refractivity contribution is 0.0586. The summed E-state index contributed by atoms with van der Waals surface area (Å²) in [5, 5.41) is 16.2. The number of carbonyl (C=O) groups is 1. The van der Waals surface area contributed by atoms with Crippen LogP contribution in [-0.4, -0.2) is 39.2 Å². The van der Waals surface area contributed by atoms with Gasteiger partial charge in [0.15, 0.2) is 0 Å². The molecule has 6 nitrogen and oxygen atoms in total. The summed E-state index contributed by atoms with van der Waals surface area (Å²) in [5.74, 6) is -0.635. The van der Waals surface area contributed by atoms with Crippen LogP contribution in [0.4, 0.5) is 13.2 Å². The molecule has 0 radical (unpaired) electrons. The van der Waals surface area contributed by atoms with E-state index in [2.05, 4.69) is 10.4 Å². The van der Waals surface area contributed by atoms with Crippen LogP contribution < -0.4 is 10.1 Å². The molecule has 1 unspecified atom stereocenters. The first-order valence-corrected chi connectivity index (χ1v) is 9.29. The second-order valence-corrected chi connectivity index (χ2v) is 7.30. The van der Waals surface area contributed by atoms with Crippen molar-refractivity contribution in [3.63, 3.8) is 0 Å². The van der Waals surface area contributed by atoms with Gasteiger partial charge < -0.3 is 15.2 Å². The van der Waals surface area contributed by atoms with Gasteiger partial charge in [0.2, 0.25) is 6.43 Å². The number of hydrogen-bond donors (Lipinski definition) is 2. The number of rotatable bonds is 8. The predicted molar refractivity (Wildman–Crippen MR) is 104 cm³/mol. The highest BCUT2D eigenvalue weighted by Gasteiger charge is 2.31. The summed E-state index contributed by atoms with van der Waals surface area (Å²) in [6.07, 6.45) is -1.80. The molecule has 1 atom stereocenters. The molecule has 1 amide bonds. The zero-order valence-electron chi connectivity index (χ0n) is 16.5. The summed E-state index contributed by atoms with van der Waals surface area (Å²) in [6, 6.07) is 9.41. The van der Waals surface area contributed by atoms with Gasteiger partial charge in [-0.2, -0.15) is 5.10 Å². The molecule has 0 spiro atoms. The first-order valence-electron chi connectivity index (χ1n) is 9.29. The molecular weight excluding hydrogens is 399 g/mol. The maximum atomic E-state index is 13.8. The van der Waals surface area contributed by atoms with Gasteiger partial charge in [-0.1, -0.05) is 18.2 Å². The molecule has 2 N–H and O–H groups in total. The lowest BCUT2D eigenvalue weighted by atomic mass is 9.98. The Bertz CT molecular complexity index is 1050. The van der Waals surface area contributed by atoms with E-state index in [0.717, 1.165) is 0 Å². The number of aliphatic hydroxyl groups is 1. The van der Waals surface area contributed by atoms with Crippen molar-refractivity contribution in [2.24, 2.45) is 0 Å². The maximum absolute atomic E-state index is 13.8. The van der Waals surface area contributed by atoms with Crippen LogP contribution in [0.2, 0.25) is 0 Å². The molecule has 2 aromatic heterocycles. The van der Waals surface area contributed by atoms with Crippen molar-refractivity contribution in [2.75, 3.05) is 6.61 Å². The van der Waals surface area contributed by atoms with E-state index in [4.69, 9.17) is 4.74 Å². The highest BCUT2D eigenvalue weighted by Crippen LogP contribution is 2.23. The molecule has 0 aliphatic carbocycles. The van der Waals surface area contributed by atoms with Crippen molar-refractivity contribution in [2.45, 2.75) is 38.8 Å². The quantitative estimate of drug-likeness (QED) is 0.584. The minimum atomic E-state index is -2.69. The third-order valence-corrected chi connectivity index (χ3v) is 4.73. The van der Waals surface area contributed by atoms with Gasteiger partial charge in [-0.05, 0) is 26.0 Å². The third kappa shape index (κ3) is 4.73. The fourth-order valence-corrected chi connectivity index (χ4v) is 3.12. The van der Waals surface area contributed by atoms with E-state index in [1.807, 2.05) is 0 Å². The fraction of sp³-hybridized carbons (Fsp3) is 0.333. The summed E-state index contributed by atoms with van der Waals surface area (Å²) in [5.41, 5.74) is -0.138. The Morgan fingerprint density at radius 3 is 2.73 bits per heavy atom. The number of carbonyl (C=O) groups excluding carboxylic acids is 1. The molecule has 0 saturated carbocycles. The fourth-order valence-electron chi connectivity index (χ4n) is 3.12. The molecule has 3 rings (SSSR count). The van der Waals surface area contributed by atoms with Gasteiger partial charge in [-0.15, -0.1) is 0 Å². The van der Waals surface area contributed by atoms with Crippen LogP contribution in [0.25, 0.3) is 5.52 Å². The van der Waals surface area contributed by atoms with E-state index in [1.165, 1.54) is 17.5 Å². The molecule has 30 heavy (non-hydrogen) atoms. The summed E-state index contributed by atoms with van der Waals surface area (Å²) in [4.78, 5) is 12.8. The minimum Gasteiger partial charge on any atom is -0.489 e. The highest BCUT2D eigenvalue weighted by molar-refractivity contribution is 6.02. The smallest absolute Gasteiger partial charge is 0.255 e. The van der Waals surface area contributed by atoms with E-state index in [1.54, 1.807) is 43.5 Å². The number of alkyl halides is 2. The standard InChI is InChI=1S/C21H22F3N3O3/c1-13-19(20(29)25-21(2,12-28)10-18(23)24)17-9-15(7-8-27(17)26-13)30-11-14-5-3-4-6-16(14)22/h3-9,18,28H,10-12H2,1-2H3,(H,25,29). The number of nitrogens with one attached hydrogen (secondary N) is 1. The largest absolute Gasteiger partial charge is 0.489 e. The topological polar surface area (TPSA) is 75.9 Å². The van der Waals surface area contributed by atoms with E-state index >= 15 is 0 Å². The zero-order valence-corrected chi connectivity index (χ0v) is 16.5. The second-order valence-electron chi connectivity index (χ2n) is 7.30. The Kier molecular flexibility index (Phi) is 6.31. The number of pyridine rings is 1. The van der Waals surface area contributed by atoms with Crippen LogP contribution in [-0.2, 0) is 6.61 Å². The van der Waals surface area contributed by atoms with Crippen molar-refractivity contribution in [3.05, 3.63) is 65.2 Å². The van der Waals surface area contributed by atoms with E-state index < -0.39 is 30.9 Å². The number of fused-ring (bicyclic) bond motifs is 1. The first kappa shape index (κ1) is 21.6. The molecule has 0 fully saturated rings. The van der Waals surface area contributed by atoms with E-state index in [9.17, 15) is 23.1 Å². The first-order chi connectivity index (χ1) is 14.2. The molecule has 0 bridgehead atoms. The van der Waals surface area contributed by atoms with Crippen LogP contribution in [0.3, 0.4) is 0 Å². The third-order valence-electron chi connectivity index (χ3n) is 4.73. The number of hydrogen-bond acceptors (Lipinski definition) is 4. The van der Waals surface area contributed by atoms with Crippen molar-refractivity contribution in [1.82, 2.24) is 14.9 Å². The Morgan fingerprint density at radius 2 is 2.07 bits per heavy atom. The van der Waals surface area contributed by atoms with Gasteiger partial charge in [-0.3, -0.25) is 4.79 Å². The van der Waals surface area contributed by atoms with Gasteiger partial charge in [0.1, 0.15) is 18.2 Å². The number of aromatic nitrogens is 2. The van der Waals surface area contributed by atoms with Crippen LogP contribution >= 0.6 is 0 Å². The highest BCUT2D eigenvalue weighted by atomic mass is 19.3. The number of halogens is 3. The molecule has 9 heteroatoms. The maximum Gasteiger partial charge on any atom is 0.255 e. The van der Waals surface area contributed by atoms with Crippen molar-refractivity contribution >= 4 is 11.4 Å². The summed E-state index contributed by atoms with van der Waals surface area (Å²) < 4.78 is 46.5. The molecule has 2 heterocycles. The summed E-state index contributed by atoms with van der Waals surface area (Å²) in [6.45, 7) is 2.32. The van der Waals surface area contributed by atoms with E-state index in [0.29, 0.717) is 22.5 Å². The average molecular weight is 421 g/mol. The Balaban J connectivity index is 1.86. The molecule has 160 valence electrons. The average Bonchev–Trinajstić information content (AvgIpc) is 3.01. The van der Waals surface area contributed by atoms with Gasteiger partial charge in [0.25, 0.3) is 5.91 Å². The lowest BCUT2D eigenvalue weighted by Crippen LogP contribution is -2.50. The Morgan fingerprint density at radius 1 is 1.33 bits per heavy atom.